The van der Waals surface area contributed by atoms with E-state index in [-0.39, 0.29) is 11.4 Å². The molecule has 0 aliphatic carbocycles. The Morgan fingerprint density at radius 1 is 1.00 bits per heavy atom. The van der Waals surface area contributed by atoms with Crippen LogP contribution in [0.2, 0.25) is 0 Å². The number of hydrogen-bond acceptors (Lipinski definition) is 7. The highest BCUT2D eigenvalue weighted by Crippen LogP contribution is 2.29. The van der Waals surface area contributed by atoms with Crippen LogP contribution < -0.4 is 14.8 Å². The molecule has 2 aromatic carbocycles. The number of carbonyl (C=O) groups excluding carboxylic acids is 2. The smallest absolute Gasteiger partial charge is 0.339 e. The first kappa shape index (κ1) is 19.9. The van der Waals surface area contributed by atoms with Gasteiger partial charge in [0.1, 0.15) is 5.76 Å². The summed E-state index contributed by atoms with van der Waals surface area (Å²) in [6, 6.07) is 14.9. The van der Waals surface area contributed by atoms with Crippen LogP contribution in [0.15, 0.2) is 59.1 Å². The van der Waals surface area contributed by atoms with E-state index in [9.17, 15) is 9.59 Å². The number of nitrogens with one attached hydrogen (secondary N) is 1. The van der Waals surface area contributed by atoms with Crippen LogP contribution in [-0.2, 0) is 9.53 Å². The highest BCUT2D eigenvalue weighted by molar-refractivity contribution is 5.97. The van der Waals surface area contributed by atoms with Gasteiger partial charge in [-0.2, -0.15) is 0 Å². The number of esters is 1. The zero-order valence-electron chi connectivity index (χ0n) is 16.2. The van der Waals surface area contributed by atoms with Gasteiger partial charge in [-0.05, 0) is 25.1 Å². The van der Waals surface area contributed by atoms with Crippen LogP contribution in [0.5, 0.6) is 11.5 Å². The molecule has 3 aromatic rings. The van der Waals surface area contributed by atoms with Gasteiger partial charge in [-0.1, -0.05) is 35.5 Å². The third-order valence-corrected chi connectivity index (χ3v) is 4.06. The Bertz CT molecular complexity index is 999. The van der Waals surface area contributed by atoms with E-state index in [2.05, 4.69) is 10.5 Å². The Hall–Kier alpha value is -3.81. The number of benzene rings is 2. The van der Waals surface area contributed by atoms with Gasteiger partial charge in [0.15, 0.2) is 17.3 Å². The van der Waals surface area contributed by atoms with Crippen molar-refractivity contribution in [3.05, 3.63) is 71.5 Å². The van der Waals surface area contributed by atoms with E-state index in [1.807, 2.05) is 0 Å². The molecule has 0 aliphatic heterocycles. The summed E-state index contributed by atoms with van der Waals surface area (Å²) in [6.07, 6.45) is -1.19. The second kappa shape index (κ2) is 8.92. The topological polar surface area (TPSA) is 99.9 Å². The van der Waals surface area contributed by atoms with E-state index in [1.165, 1.54) is 26.4 Å². The number of rotatable bonds is 7. The van der Waals surface area contributed by atoms with E-state index in [1.54, 1.807) is 49.4 Å². The molecule has 8 nitrogen and oxygen atoms in total. The number of carbonyl (C=O) groups is 2. The van der Waals surface area contributed by atoms with Gasteiger partial charge in [-0.3, -0.25) is 4.79 Å². The molecule has 1 amide bonds. The van der Waals surface area contributed by atoms with Crippen molar-refractivity contribution in [2.45, 2.75) is 13.0 Å². The maximum absolute atomic E-state index is 12.8. The molecule has 0 bridgehead atoms. The fourth-order valence-electron chi connectivity index (χ4n) is 2.66. The Balaban J connectivity index is 1.85. The summed E-state index contributed by atoms with van der Waals surface area (Å²) in [5.41, 5.74) is 0.729. The molecule has 0 fully saturated rings. The van der Waals surface area contributed by atoms with Gasteiger partial charge in [0, 0.05) is 11.6 Å². The lowest BCUT2D eigenvalue weighted by Gasteiger charge is -2.18. The van der Waals surface area contributed by atoms with Crippen LogP contribution in [-0.4, -0.2) is 31.3 Å². The second-order valence-electron chi connectivity index (χ2n) is 6.08. The molecule has 29 heavy (non-hydrogen) atoms. The van der Waals surface area contributed by atoms with Gasteiger partial charge in [0.05, 0.1) is 19.8 Å². The maximum atomic E-state index is 12.8. The van der Waals surface area contributed by atoms with Crippen molar-refractivity contribution in [2.24, 2.45) is 0 Å². The number of ether oxygens (including phenoxy) is 3. The Kier molecular flexibility index (Phi) is 6.13. The quantitative estimate of drug-likeness (QED) is 0.610. The predicted molar refractivity (Wildman–Crippen MR) is 104 cm³/mol. The van der Waals surface area contributed by atoms with Crippen LogP contribution in [0.25, 0.3) is 0 Å². The van der Waals surface area contributed by atoms with E-state index in [0.717, 1.165) is 0 Å². The van der Waals surface area contributed by atoms with Crippen LogP contribution >= 0.6 is 0 Å². The first-order valence-electron chi connectivity index (χ1n) is 8.74. The molecule has 1 heterocycles. The fourth-order valence-corrected chi connectivity index (χ4v) is 2.66. The third-order valence-electron chi connectivity index (χ3n) is 4.06. The van der Waals surface area contributed by atoms with Gasteiger partial charge in [-0.15, -0.1) is 0 Å². The average Bonchev–Trinajstić information content (AvgIpc) is 3.16. The van der Waals surface area contributed by atoms with E-state index in [0.29, 0.717) is 22.8 Å². The zero-order valence-corrected chi connectivity index (χ0v) is 16.2. The van der Waals surface area contributed by atoms with Crippen LogP contribution in [0.1, 0.15) is 27.8 Å². The van der Waals surface area contributed by atoms with Gasteiger partial charge in [0.2, 0.25) is 6.10 Å². The summed E-state index contributed by atoms with van der Waals surface area (Å²) >= 11 is 0. The number of methoxy groups -OCH3 is 2. The summed E-state index contributed by atoms with van der Waals surface area (Å²) in [6.45, 7) is 1.70. The predicted octanol–water partition coefficient (Wildman–Crippen LogP) is 3.54. The summed E-state index contributed by atoms with van der Waals surface area (Å²) in [5, 5.41) is 6.33. The molecule has 8 heteroatoms. The maximum Gasteiger partial charge on any atom is 0.339 e. The van der Waals surface area contributed by atoms with Crippen molar-refractivity contribution in [3.8, 4) is 11.5 Å². The molecule has 0 radical (unpaired) electrons. The lowest BCUT2D eigenvalue weighted by molar-refractivity contribution is -0.125. The molecular formula is C21H20N2O6. The van der Waals surface area contributed by atoms with Crippen molar-refractivity contribution < 1.29 is 28.3 Å². The highest BCUT2D eigenvalue weighted by atomic mass is 16.5. The van der Waals surface area contributed by atoms with E-state index >= 15 is 0 Å². The number of aryl methyl sites for hydroxylation is 1. The molecule has 3 rings (SSSR count). The number of nitrogens with zero attached hydrogens (tertiary/aromatic N) is 1. The first-order chi connectivity index (χ1) is 14.0. The monoisotopic (exact) mass is 396 g/mol. The number of aromatic nitrogens is 1. The van der Waals surface area contributed by atoms with Crippen molar-refractivity contribution in [1.82, 2.24) is 5.16 Å². The number of hydrogen-bond donors (Lipinski definition) is 1. The Morgan fingerprint density at radius 3 is 2.34 bits per heavy atom. The molecule has 0 saturated heterocycles. The molecular weight excluding hydrogens is 376 g/mol. The number of amides is 1. The molecule has 1 N–H and O–H groups in total. The summed E-state index contributed by atoms with van der Waals surface area (Å²) in [5.74, 6) is 0.377. The van der Waals surface area contributed by atoms with Crippen molar-refractivity contribution in [1.29, 1.82) is 0 Å². The molecule has 0 aliphatic rings. The minimum atomic E-state index is -1.19. The van der Waals surface area contributed by atoms with E-state index < -0.39 is 18.0 Å². The van der Waals surface area contributed by atoms with Gasteiger partial charge in [0.25, 0.3) is 5.91 Å². The minimum Gasteiger partial charge on any atom is -0.493 e. The zero-order chi connectivity index (χ0) is 20.8. The van der Waals surface area contributed by atoms with Crippen LogP contribution in [0.3, 0.4) is 0 Å². The van der Waals surface area contributed by atoms with Crippen LogP contribution in [0.4, 0.5) is 5.82 Å². The Morgan fingerprint density at radius 2 is 1.72 bits per heavy atom. The summed E-state index contributed by atoms with van der Waals surface area (Å²) in [4.78, 5) is 25.5. The lowest BCUT2D eigenvalue weighted by Crippen LogP contribution is -2.26. The van der Waals surface area contributed by atoms with Crippen molar-refractivity contribution in [3.63, 3.8) is 0 Å². The van der Waals surface area contributed by atoms with Crippen molar-refractivity contribution >= 4 is 17.7 Å². The third kappa shape index (κ3) is 4.73. The molecule has 1 atom stereocenters. The first-order valence-corrected chi connectivity index (χ1v) is 8.74. The fraction of sp³-hybridized carbons (Fsp3) is 0.190. The molecule has 0 saturated carbocycles. The second-order valence-corrected chi connectivity index (χ2v) is 6.08. The standard InChI is InChI=1S/C21H20N2O6/c1-13-11-18(23-29-13)22-20(24)19(14-7-5-4-6-8-14)28-21(25)15-9-10-16(26-2)17(12-15)27-3/h4-12,19H,1-3H3,(H,22,23,24). The SMILES string of the molecule is COc1ccc(C(=O)OC(C(=O)Nc2cc(C)on2)c2ccccc2)cc1OC. The molecule has 150 valence electrons. The molecule has 0 spiro atoms. The van der Waals surface area contributed by atoms with Gasteiger partial charge in [-0.25, -0.2) is 4.79 Å². The van der Waals surface area contributed by atoms with E-state index in [4.69, 9.17) is 18.7 Å². The van der Waals surface area contributed by atoms with Gasteiger partial charge < -0.3 is 24.1 Å². The average molecular weight is 396 g/mol. The minimum absolute atomic E-state index is 0.216. The molecule has 1 unspecified atom stereocenters. The summed E-state index contributed by atoms with van der Waals surface area (Å²) < 4.78 is 20.9. The van der Waals surface area contributed by atoms with Crippen molar-refractivity contribution in [2.75, 3.05) is 19.5 Å². The highest BCUT2D eigenvalue weighted by Gasteiger charge is 2.27. The van der Waals surface area contributed by atoms with Crippen LogP contribution in [0, 0.1) is 6.92 Å². The normalized spacial score (nSPS) is 11.4. The Labute approximate surface area is 167 Å². The summed E-state index contributed by atoms with van der Waals surface area (Å²) in [7, 11) is 2.96. The largest absolute Gasteiger partial charge is 0.493 e. The number of anilines is 1. The lowest BCUT2D eigenvalue weighted by atomic mass is 10.1. The molecule has 1 aromatic heterocycles. The van der Waals surface area contributed by atoms with Gasteiger partial charge >= 0.3 is 5.97 Å².